The Hall–Kier alpha value is 3.46. The first-order valence-corrected chi connectivity index (χ1v) is 5.87. The zero-order chi connectivity index (χ0) is 2.71. The van der Waals surface area contributed by atoms with Gasteiger partial charge in [0.15, 0.2) is 0 Å². The van der Waals surface area contributed by atoms with Gasteiger partial charge in [-0.2, -0.15) is 0 Å². The van der Waals surface area contributed by atoms with Crippen LogP contribution in [-0.2, 0) is 38.9 Å². The first-order valence-electron chi connectivity index (χ1n) is 0.239. The van der Waals surface area contributed by atoms with Crippen LogP contribution in [0, 0.1) is 0 Å². The van der Waals surface area contributed by atoms with Crippen molar-refractivity contribution < 1.29 is 101 Å². The Morgan fingerprint density at radius 1 is 0.667 bits per heavy atom. The van der Waals surface area contributed by atoms with E-state index in [9.17, 15) is 0 Å². The van der Waals surface area contributed by atoms with Crippen molar-refractivity contribution in [2.75, 3.05) is 0 Å². The molecule has 0 saturated heterocycles. The molecule has 0 saturated carbocycles. The molecule has 0 spiro atoms. The molecule has 64 valence electrons. The molecular formula is Cl7NbPt. The molecule has 0 bridgehead atoms. The molecule has 0 fully saturated rings. The SMILES string of the molecule is [Cl-].[Cl-].[Cl-].[Cl-].[Cl-].[Cl][Pt][Cl].[Nb+5]. The van der Waals surface area contributed by atoms with E-state index < -0.39 is 16.5 Å². The van der Waals surface area contributed by atoms with E-state index in [1.807, 2.05) is 0 Å². The van der Waals surface area contributed by atoms with Gasteiger partial charge in [-0.15, -0.1) is 0 Å². The molecule has 0 N–H and O–H groups in total. The van der Waals surface area contributed by atoms with Gasteiger partial charge in [0.05, 0.1) is 0 Å². The van der Waals surface area contributed by atoms with E-state index in [0.29, 0.717) is 0 Å². The summed E-state index contributed by atoms with van der Waals surface area (Å²) in [6.07, 6.45) is 0. The van der Waals surface area contributed by atoms with Crippen molar-refractivity contribution in [3.63, 3.8) is 0 Å². The fourth-order valence-corrected chi connectivity index (χ4v) is 0. The van der Waals surface area contributed by atoms with Crippen LogP contribution < -0.4 is 62.0 Å². The molecule has 0 aliphatic rings. The number of rotatable bonds is 0. The third-order valence-electron chi connectivity index (χ3n) is 0. The Morgan fingerprint density at radius 2 is 0.667 bits per heavy atom. The van der Waals surface area contributed by atoms with Crippen molar-refractivity contribution in [2.45, 2.75) is 0 Å². The molecule has 0 rings (SSSR count). The third kappa shape index (κ3) is 85.7. The Balaban J connectivity index is -0.00000000133. The second-order valence-corrected chi connectivity index (χ2v) is 3.33. The summed E-state index contributed by atoms with van der Waals surface area (Å²) in [5, 5.41) is 0. The summed E-state index contributed by atoms with van der Waals surface area (Å²) in [5.74, 6) is 0. The maximum atomic E-state index is 4.88. The number of hydrogen-bond acceptors (Lipinski definition) is 0. The molecule has 0 aromatic carbocycles. The molecule has 0 heterocycles. The average molecular weight is 536 g/mol. The van der Waals surface area contributed by atoms with Crippen molar-refractivity contribution in [1.29, 1.82) is 0 Å². The molecule has 0 atom stereocenters. The zero-order valence-electron chi connectivity index (χ0n) is 3.41. The topological polar surface area (TPSA) is 0 Å². The van der Waals surface area contributed by atoms with Gasteiger partial charge in [-0.3, -0.25) is 0 Å². The van der Waals surface area contributed by atoms with Gasteiger partial charge in [-0.1, -0.05) is 0 Å². The summed E-state index contributed by atoms with van der Waals surface area (Å²) in [6.45, 7) is 0. The second-order valence-electron chi connectivity index (χ2n) is 0.0452. The summed E-state index contributed by atoms with van der Waals surface area (Å²) in [6, 6.07) is 0. The van der Waals surface area contributed by atoms with Crippen molar-refractivity contribution in [3.8, 4) is 0 Å². The van der Waals surface area contributed by atoms with Crippen molar-refractivity contribution in [2.24, 2.45) is 0 Å². The summed E-state index contributed by atoms with van der Waals surface area (Å²) >= 11 is -0.472. The Morgan fingerprint density at radius 3 is 0.667 bits per heavy atom. The van der Waals surface area contributed by atoms with Crippen LogP contribution in [0.3, 0.4) is 0 Å². The van der Waals surface area contributed by atoms with Gasteiger partial charge in [-0.25, -0.2) is 0 Å². The molecule has 0 aliphatic carbocycles. The minimum Gasteiger partial charge on any atom is 5.00 e. The molecule has 0 unspecified atom stereocenters. The zero-order valence-corrected chi connectivity index (χ0v) is 13.2. The average Bonchev–Trinajstić information content (AvgIpc) is 0.918. The van der Waals surface area contributed by atoms with Gasteiger partial charge in [0.25, 0.3) is 0 Å². The van der Waals surface area contributed by atoms with E-state index >= 15 is 0 Å². The fraction of sp³-hybridized carbons (Fsp3) is 0. The van der Waals surface area contributed by atoms with E-state index in [4.69, 9.17) is 18.8 Å². The van der Waals surface area contributed by atoms with E-state index in [1.54, 1.807) is 0 Å². The quantitative estimate of drug-likeness (QED) is 0.270. The van der Waals surface area contributed by atoms with Crippen LogP contribution >= 0.6 is 18.8 Å². The van der Waals surface area contributed by atoms with Crippen LogP contribution in [0.5, 0.6) is 0 Å². The normalized spacial score (nSPS) is 2.44. The van der Waals surface area contributed by atoms with E-state index in [1.165, 1.54) is 0 Å². The first-order chi connectivity index (χ1) is 1.41. The Bertz CT molecular complexity index is 8.88. The molecule has 9 heavy (non-hydrogen) atoms. The molecule has 0 radical (unpaired) electrons. The summed E-state index contributed by atoms with van der Waals surface area (Å²) in [5.41, 5.74) is 0. The molecule has 9 heteroatoms. The maximum Gasteiger partial charge on any atom is 5.00 e. The Kier molecular flexibility index (Phi) is 385. The van der Waals surface area contributed by atoms with Crippen LogP contribution in [-0.4, -0.2) is 0 Å². The monoisotopic (exact) mass is 533 g/mol. The maximum absolute atomic E-state index is 4.88. The molecule has 0 aliphatic heterocycles. The second kappa shape index (κ2) is 63.0. The van der Waals surface area contributed by atoms with Gasteiger partial charge < -0.3 is 62.0 Å². The predicted molar refractivity (Wildman–Crippen MR) is 11.7 cm³/mol. The van der Waals surface area contributed by atoms with Crippen molar-refractivity contribution >= 4 is 18.8 Å². The van der Waals surface area contributed by atoms with Gasteiger partial charge in [0.1, 0.15) is 0 Å². The smallest absolute Gasteiger partial charge is 5.00 e. The van der Waals surface area contributed by atoms with Gasteiger partial charge >= 0.3 is 57.7 Å². The van der Waals surface area contributed by atoms with Crippen LogP contribution in [0.2, 0.25) is 0 Å². The fourth-order valence-electron chi connectivity index (χ4n) is 0. The minimum absolute atomic E-state index is 0. The van der Waals surface area contributed by atoms with Gasteiger partial charge in [0, 0.05) is 0 Å². The predicted octanol–water partition coefficient (Wildman–Crippen LogP) is -13.6. The summed E-state index contributed by atoms with van der Waals surface area (Å²) in [4.78, 5) is 0. The number of hydrogen-bond donors (Lipinski definition) is 0. The number of halogens is 7. The van der Waals surface area contributed by atoms with E-state index in [2.05, 4.69) is 0 Å². The molecular weight excluding hydrogens is 536 g/mol. The molecule has 0 aromatic heterocycles. The molecule has 0 nitrogen and oxygen atoms in total. The standard InChI is InChI=1S/7ClH.Nb.Pt/h7*1H;;/q;;;;;;;+5;+2/p-7. The van der Waals surface area contributed by atoms with Gasteiger partial charge in [-0.05, 0) is 0 Å². The largest absolute Gasteiger partial charge is 5.00 e. The Labute approximate surface area is 118 Å². The van der Waals surface area contributed by atoms with E-state index in [-0.39, 0.29) is 84.4 Å². The van der Waals surface area contributed by atoms with Crippen LogP contribution in [0.25, 0.3) is 0 Å². The van der Waals surface area contributed by atoms with Crippen LogP contribution in [0.4, 0.5) is 0 Å². The van der Waals surface area contributed by atoms with Crippen molar-refractivity contribution in [1.82, 2.24) is 0 Å². The summed E-state index contributed by atoms with van der Waals surface area (Å²) < 4.78 is 0. The molecule has 0 amide bonds. The van der Waals surface area contributed by atoms with E-state index in [0.717, 1.165) is 0 Å². The molecule has 0 aromatic rings. The first kappa shape index (κ1) is 54.9. The van der Waals surface area contributed by atoms with Crippen LogP contribution in [0.1, 0.15) is 0 Å². The summed E-state index contributed by atoms with van der Waals surface area (Å²) in [7, 11) is 9.75. The van der Waals surface area contributed by atoms with Crippen LogP contribution in [0.15, 0.2) is 0 Å². The minimum atomic E-state index is -0.472. The third-order valence-corrected chi connectivity index (χ3v) is 0. The van der Waals surface area contributed by atoms with Crippen molar-refractivity contribution in [3.05, 3.63) is 0 Å². The van der Waals surface area contributed by atoms with Gasteiger partial charge in [0.2, 0.25) is 0 Å².